The molecule has 1 saturated heterocycles. The normalized spacial score (nSPS) is 26.8. The van der Waals surface area contributed by atoms with Crippen LogP contribution in [0, 0.1) is 0 Å². The van der Waals surface area contributed by atoms with Gasteiger partial charge in [-0.1, -0.05) is 0 Å². The Kier molecular flexibility index (Phi) is 3.66. The Bertz CT molecular complexity index is 568. The SMILES string of the molecule is O=C(c1cc(C2CC2)[nH]n1)N1CCCC(O)(C(F)(F)F)CC1. The largest absolute Gasteiger partial charge is 0.417 e. The highest BCUT2D eigenvalue weighted by Gasteiger charge is 2.53. The lowest BCUT2D eigenvalue weighted by Gasteiger charge is -2.29. The second kappa shape index (κ2) is 5.26. The molecule has 3 rings (SSSR count). The highest BCUT2D eigenvalue weighted by molar-refractivity contribution is 5.92. The van der Waals surface area contributed by atoms with Crippen LogP contribution in [-0.2, 0) is 0 Å². The number of H-pyrrole nitrogens is 1. The Morgan fingerprint density at radius 2 is 2.09 bits per heavy atom. The van der Waals surface area contributed by atoms with Crippen LogP contribution in [0.4, 0.5) is 13.2 Å². The van der Waals surface area contributed by atoms with Gasteiger partial charge in [0.05, 0.1) is 0 Å². The minimum Gasteiger partial charge on any atom is -0.380 e. The molecule has 2 heterocycles. The summed E-state index contributed by atoms with van der Waals surface area (Å²) in [6.07, 6.45) is -3.30. The minimum atomic E-state index is -4.67. The van der Waals surface area contributed by atoms with Crippen molar-refractivity contribution in [3.8, 4) is 0 Å². The summed E-state index contributed by atoms with van der Waals surface area (Å²) >= 11 is 0. The van der Waals surface area contributed by atoms with Gasteiger partial charge >= 0.3 is 6.18 Å². The molecule has 1 saturated carbocycles. The van der Waals surface area contributed by atoms with Crippen LogP contribution in [0.3, 0.4) is 0 Å². The molecule has 2 fully saturated rings. The Morgan fingerprint density at radius 1 is 1.36 bits per heavy atom. The molecule has 2 N–H and O–H groups in total. The third kappa shape index (κ3) is 2.84. The smallest absolute Gasteiger partial charge is 0.380 e. The minimum absolute atomic E-state index is 0.113. The van der Waals surface area contributed by atoms with Crippen molar-refractivity contribution in [2.45, 2.75) is 49.8 Å². The van der Waals surface area contributed by atoms with Gasteiger partial charge in [0.1, 0.15) is 5.69 Å². The van der Waals surface area contributed by atoms with Crippen LogP contribution in [0.2, 0.25) is 0 Å². The van der Waals surface area contributed by atoms with Gasteiger partial charge in [0.25, 0.3) is 5.91 Å². The summed E-state index contributed by atoms with van der Waals surface area (Å²) in [4.78, 5) is 13.7. The number of aromatic nitrogens is 2. The second-order valence-corrected chi connectivity index (χ2v) is 6.16. The van der Waals surface area contributed by atoms with Gasteiger partial charge in [-0.15, -0.1) is 0 Å². The molecule has 1 unspecified atom stereocenters. The van der Waals surface area contributed by atoms with E-state index in [-0.39, 0.29) is 37.5 Å². The molecule has 8 heteroatoms. The van der Waals surface area contributed by atoms with Crippen molar-refractivity contribution in [2.24, 2.45) is 0 Å². The quantitative estimate of drug-likeness (QED) is 0.878. The van der Waals surface area contributed by atoms with Gasteiger partial charge in [-0.05, 0) is 31.7 Å². The monoisotopic (exact) mass is 317 g/mol. The van der Waals surface area contributed by atoms with Gasteiger partial charge in [-0.2, -0.15) is 18.3 Å². The fraction of sp³-hybridized carbons (Fsp3) is 0.714. The molecule has 2 aliphatic rings. The lowest BCUT2D eigenvalue weighted by Crippen LogP contribution is -2.46. The van der Waals surface area contributed by atoms with Crippen molar-refractivity contribution in [3.05, 3.63) is 17.5 Å². The number of nitrogens with one attached hydrogen (secondary N) is 1. The second-order valence-electron chi connectivity index (χ2n) is 6.16. The number of carbonyl (C=O) groups is 1. The van der Waals surface area contributed by atoms with Gasteiger partial charge < -0.3 is 10.0 Å². The summed E-state index contributed by atoms with van der Waals surface area (Å²) in [6.45, 7) is 0.0727. The maximum Gasteiger partial charge on any atom is 0.417 e. The average Bonchev–Trinajstić information content (AvgIpc) is 3.21. The van der Waals surface area contributed by atoms with Crippen molar-refractivity contribution >= 4 is 5.91 Å². The number of amides is 1. The fourth-order valence-electron chi connectivity index (χ4n) is 2.82. The maximum absolute atomic E-state index is 12.9. The van der Waals surface area contributed by atoms with Crippen LogP contribution in [0.15, 0.2) is 6.07 Å². The third-order valence-corrected chi connectivity index (χ3v) is 4.46. The molecule has 1 aromatic heterocycles. The van der Waals surface area contributed by atoms with Crippen LogP contribution >= 0.6 is 0 Å². The Balaban J connectivity index is 1.68. The first-order valence-electron chi connectivity index (χ1n) is 7.44. The van der Waals surface area contributed by atoms with E-state index in [9.17, 15) is 23.1 Å². The molecule has 1 aliphatic carbocycles. The molecule has 0 aromatic carbocycles. The van der Waals surface area contributed by atoms with Crippen molar-refractivity contribution in [3.63, 3.8) is 0 Å². The first-order valence-corrected chi connectivity index (χ1v) is 7.44. The summed E-state index contributed by atoms with van der Waals surface area (Å²) in [7, 11) is 0. The summed E-state index contributed by atoms with van der Waals surface area (Å²) in [5, 5.41) is 16.5. The van der Waals surface area contributed by atoms with E-state index in [0.717, 1.165) is 18.5 Å². The van der Waals surface area contributed by atoms with E-state index in [1.54, 1.807) is 6.07 Å². The van der Waals surface area contributed by atoms with Gasteiger partial charge in [-0.3, -0.25) is 9.89 Å². The average molecular weight is 317 g/mol. The van der Waals surface area contributed by atoms with Crippen molar-refractivity contribution < 1.29 is 23.1 Å². The molecule has 1 atom stereocenters. The highest BCUT2D eigenvalue weighted by Crippen LogP contribution is 2.40. The molecular weight excluding hydrogens is 299 g/mol. The molecular formula is C14H18F3N3O2. The van der Waals surface area contributed by atoms with E-state index < -0.39 is 18.2 Å². The van der Waals surface area contributed by atoms with E-state index in [1.807, 2.05) is 0 Å². The molecule has 5 nitrogen and oxygen atoms in total. The molecule has 0 bridgehead atoms. The van der Waals surface area contributed by atoms with Gasteiger partial charge in [0, 0.05) is 31.1 Å². The van der Waals surface area contributed by atoms with Crippen LogP contribution in [0.1, 0.15) is 54.2 Å². The Morgan fingerprint density at radius 3 is 2.73 bits per heavy atom. The molecule has 1 aromatic rings. The molecule has 22 heavy (non-hydrogen) atoms. The first kappa shape index (κ1) is 15.3. The Labute approximate surface area is 125 Å². The van der Waals surface area contributed by atoms with Crippen LogP contribution in [-0.4, -0.2) is 51.0 Å². The molecule has 1 amide bonds. The lowest BCUT2D eigenvalue weighted by molar-refractivity contribution is -0.263. The number of aliphatic hydroxyl groups is 1. The van der Waals surface area contributed by atoms with E-state index in [2.05, 4.69) is 10.2 Å². The van der Waals surface area contributed by atoms with Crippen molar-refractivity contribution in [2.75, 3.05) is 13.1 Å². The number of nitrogens with zero attached hydrogens (tertiary/aromatic N) is 2. The summed E-state index contributed by atoms with van der Waals surface area (Å²) in [6, 6.07) is 1.68. The number of aromatic amines is 1. The molecule has 0 spiro atoms. The number of hydrogen-bond donors (Lipinski definition) is 2. The zero-order chi connectivity index (χ0) is 16.0. The van der Waals surface area contributed by atoms with Gasteiger partial charge in [-0.25, -0.2) is 0 Å². The maximum atomic E-state index is 12.9. The summed E-state index contributed by atoms with van der Waals surface area (Å²) in [5.74, 6) is 0.0445. The van der Waals surface area contributed by atoms with Gasteiger partial charge in [0.15, 0.2) is 5.60 Å². The predicted octanol–water partition coefficient (Wildman–Crippen LogP) is 2.21. The fourth-order valence-corrected chi connectivity index (χ4v) is 2.82. The van der Waals surface area contributed by atoms with Crippen LogP contribution < -0.4 is 0 Å². The lowest BCUT2D eigenvalue weighted by atomic mass is 9.94. The summed E-state index contributed by atoms with van der Waals surface area (Å²) in [5.41, 5.74) is -1.56. The Hall–Kier alpha value is -1.57. The number of carbonyl (C=O) groups excluding carboxylic acids is 1. The molecule has 0 radical (unpaired) electrons. The van der Waals surface area contributed by atoms with E-state index in [4.69, 9.17) is 0 Å². The molecule has 1 aliphatic heterocycles. The van der Waals surface area contributed by atoms with E-state index >= 15 is 0 Å². The van der Waals surface area contributed by atoms with Crippen LogP contribution in [0.25, 0.3) is 0 Å². The number of rotatable bonds is 2. The number of likely N-dealkylation sites (tertiary alicyclic amines) is 1. The zero-order valence-corrected chi connectivity index (χ0v) is 12.0. The number of halogens is 3. The molecule has 122 valence electrons. The van der Waals surface area contributed by atoms with Crippen LogP contribution in [0.5, 0.6) is 0 Å². The van der Waals surface area contributed by atoms with E-state index in [0.29, 0.717) is 5.92 Å². The zero-order valence-electron chi connectivity index (χ0n) is 12.0. The standard InChI is InChI=1S/C14H18F3N3O2/c15-14(16,17)13(22)4-1-6-20(7-5-13)12(21)11-8-10(18-19-11)9-2-3-9/h8-9,22H,1-7H2,(H,18,19). The number of hydrogen-bond acceptors (Lipinski definition) is 3. The van der Waals surface area contributed by atoms with Gasteiger partial charge in [0.2, 0.25) is 0 Å². The predicted molar refractivity (Wildman–Crippen MR) is 71.3 cm³/mol. The summed E-state index contributed by atoms with van der Waals surface area (Å²) < 4.78 is 38.7. The van der Waals surface area contributed by atoms with Crippen molar-refractivity contribution in [1.29, 1.82) is 0 Å². The number of alkyl halides is 3. The highest BCUT2D eigenvalue weighted by atomic mass is 19.4. The topological polar surface area (TPSA) is 69.2 Å². The van der Waals surface area contributed by atoms with Crippen molar-refractivity contribution in [1.82, 2.24) is 15.1 Å². The first-order chi connectivity index (χ1) is 10.3. The third-order valence-electron chi connectivity index (χ3n) is 4.46. The van der Waals surface area contributed by atoms with E-state index in [1.165, 1.54) is 4.90 Å².